The molecule has 6 heterocycles. The van der Waals surface area contributed by atoms with Crippen LogP contribution in [0.4, 0.5) is 9.59 Å². The lowest BCUT2D eigenvalue weighted by Crippen LogP contribution is -2.55. The second-order valence-electron chi connectivity index (χ2n) is 18.8. The van der Waals surface area contributed by atoms with E-state index in [-0.39, 0.29) is 60.0 Å². The second-order valence-corrected chi connectivity index (χ2v) is 18.8. The molecule has 0 bridgehead atoms. The first-order valence-electron chi connectivity index (χ1n) is 23.0. The van der Waals surface area contributed by atoms with Crippen molar-refractivity contribution in [3.63, 3.8) is 0 Å². The largest absolute Gasteiger partial charge is 0.488 e. The molecule has 2 aromatic heterocycles. The molecule has 1 unspecified atom stereocenters. The highest BCUT2D eigenvalue weighted by molar-refractivity contribution is 6.07. The third-order valence-electron chi connectivity index (χ3n) is 14.1. The van der Waals surface area contributed by atoms with E-state index in [0.29, 0.717) is 31.1 Å². The van der Waals surface area contributed by atoms with E-state index in [1.165, 1.54) is 14.2 Å². The second kappa shape index (κ2) is 17.7. The summed E-state index contributed by atoms with van der Waals surface area (Å²) < 4.78 is 22.3. The summed E-state index contributed by atoms with van der Waals surface area (Å²) in [5.41, 5.74) is 6.58. The Kier molecular flexibility index (Phi) is 12.0. The maximum Gasteiger partial charge on any atom is 0.407 e. The summed E-state index contributed by atoms with van der Waals surface area (Å²) in [5.74, 6) is 1.67. The zero-order chi connectivity index (χ0) is 45.8. The molecule has 4 amide bonds. The molecule has 4 aliphatic heterocycles. The monoisotopic (exact) mass is 888 g/mol. The SMILES string of the molecule is COC(=O)N[C@H](C(=O)N1[C@@H](C)CC[C@H]1c1ncc(-c2ccc3c(c2)COc2cc4c(ccc5nc([C@@H]6CC[C@H](C)N6C(=O)[C@@H](NC(=O)OC)C6C[C@@H](C)O[C@@H](C)C6)[nH]c54)cc2-3)[nH]1)C(C)C. The van der Waals surface area contributed by atoms with Gasteiger partial charge in [-0.25, -0.2) is 19.6 Å². The number of carbonyl (C=O) groups excluding carboxylic acids is 4. The van der Waals surface area contributed by atoms with E-state index in [1.54, 1.807) is 0 Å². The average molecular weight is 889 g/mol. The lowest BCUT2D eigenvalue weighted by Gasteiger charge is -2.39. The topological polar surface area (TPSA) is 193 Å². The average Bonchev–Trinajstić information content (AvgIpc) is 4.11. The van der Waals surface area contributed by atoms with Gasteiger partial charge in [-0.05, 0) is 124 Å². The van der Waals surface area contributed by atoms with Crippen LogP contribution in [0.2, 0.25) is 0 Å². The quantitative estimate of drug-likeness (QED) is 0.112. The predicted molar refractivity (Wildman–Crippen MR) is 244 cm³/mol. The van der Waals surface area contributed by atoms with E-state index in [0.717, 1.165) is 81.2 Å². The summed E-state index contributed by atoms with van der Waals surface area (Å²) in [4.78, 5) is 74.0. The van der Waals surface area contributed by atoms with Crippen LogP contribution in [0.15, 0.2) is 48.7 Å². The molecule has 0 spiro atoms. The van der Waals surface area contributed by atoms with Crippen LogP contribution in [0.25, 0.3) is 44.2 Å². The van der Waals surface area contributed by atoms with Crippen LogP contribution in [0, 0.1) is 11.8 Å². The Hall–Kier alpha value is -6.16. The fraction of sp³-hybridized carbons (Fsp3) is 0.510. The lowest BCUT2D eigenvalue weighted by atomic mass is 9.85. The van der Waals surface area contributed by atoms with Crippen LogP contribution in [-0.4, -0.2) is 104 Å². The number of imidazole rings is 2. The summed E-state index contributed by atoms with van der Waals surface area (Å²) in [5, 5.41) is 7.62. The minimum atomic E-state index is -0.755. The van der Waals surface area contributed by atoms with Crippen molar-refractivity contribution in [2.24, 2.45) is 11.8 Å². The number of carbonyl (C=O) groups is 4. The number of aromatic nitrogens is 4. The molecule has 0 aliphatic carbocycles. The van der Waals surface area contributed by atoms with Gasteiger partial charge < -0.3 is 49.3 Å². The molecule has 3 aromatic carbocycles. The van der Waals surface area contributed by atoms with Crippen LogP contribution >= 0.6 is 0 Å². The minimum absolute atomic E-state index is 0.0193. The molecule has 3 fully saturated rings. The van der Waals surface area contributed by atoms with Crippen molar-refractivity contribution < 1.29 is 38.1 Å². The Bertz CT molecular complexity index is 2630. The highest BCUT2D eigenvalue weighted by atomic mass is 16.5. The van der Waals surface area contributed by atoms with Gasteiger partial charge in [-0.1, -0.05) is 32.0 Å². The number of amides is 4. The van der Waals surface area contributed by atoms with Gasteiger partial charge in [0.25, 0.3) is 0 Å². The van der Waals surface area contributed by atoms with Crippen molar-refractivity contribution in [1.29, 1.82) is 0 Å². The van der Waals surface area contributed by atoms with Gasteiger partial charge in [0.2, 0.25) is 11.8 Å². The number of nitrogens with one attached hydrogen (secondary N) is 4. The first-order chi connectivity index (χ1) is 31.2. The van der Waals surface area contributed by atoms with Crippen molar-refractivity contribution in [2.45, 2.75) is 135 Å². The zero-order valence-corrected chi connectivity index (χ0v) is 38.4. The summed E-state index contributed by atoms with van der Waals surface area (Å²) in [6, 6.07) is 12.6. The van der Waals surface area contributed by atoms with E-state index >= 15 is 0 Å². The number of H-pyrrole nitrogens is 2. The predicted octanol–water partition coefficient (Wildman–Crippen LogP) is 8.08. The van der Waals surface area contributed by atoms with Crippen LogP contribution in [0.3, 0.4) is 0 Å². The molecule has 4 N–H and O–H groups in total. The Labute approximate surface area is 378 Å². The number of hydrogen-bond acceptors (Lipinski definition) is 10. The van der Waals surface area contributed by atoms with Gasteiger partial charge in [0.1, 0.15) is 36.1 Å². The third-order valence-corrected chi connectivity index (χ3v) is 14.1. The first kappa shape index (κ1) is 44.1. The van der Waals surface area contributed by atoms with Crippen molar-refractivity contribution >= 4 is 45.8 Å². The van der Waals surface area contributed by atoms with Gasteiger partial charge >= 0.3 is 12.2 Å². The molecule has 9 atom stereocenters. The highest BCUT2D eigenvalue weighted by Crippen LogP contribution is 2.44. The van der Waals surface area contributed by atoms with Gasteiger partial charge in [0, 0.05) is 23.0 Å². The molecule has 3 saturated heterocycles. The molecular weight excluding hydrogens is 829 g/mol. The van der Waals surface area contributed by atoms with Gasteiger partial charge in [0.05, 0.1) is 61.4 Å². The minimum Gasteiger partial charge on any atom is -0.488 e. The molecule has 9 rings (SSSR count). The fourth-order valence-electron chi connectivity index (χ4n) is 10.9. The smallest absolute Gasteiger partial charge is 0.407 e. The maximum atomic E-state index is 14.6. The summed E-state index contributed by atoms with van der Waals surface area (Å²) in [6.45, 7) is 12.3. The number of likely N-dealkylation sites (tertiary alicyclic amines) is 2. The molecule has 344 valence electrons. The highest BCUT2D eigenvalue weighted by Gasteiger charge is 2.45. The van der Waals surface area contributed by atoms with E-state index < -0.39 is 24.3 Å². The Morgan fingerprint density at radius 1 is 0.785 bits per heavy atom. The van der Waals surface area contributed by atoms with Crippen molar-refractivity contribution in [3.05, 3.63) is 65.9 Å². The molecule has 0 saturated carbocycles. The molecule has 65 heavy (non-hydrogen) atoms. The van der Waals surface area contributed by atoms with Crippen LogP contribution in [0.5, 0.6) is 5.75 Å². The number of aromatic amines is 2. The number of fused-ring (bicyclic) bond motifs is 6. The Morgan fingerprint density at radius 2 is 1.46 bits per heavy atom. The molecule has 16 nitrogen and oxygen atoms in total. The number of nitrogens with zero attached hydrogens (tertiary/aromatic N) is 4. The van der Waals surface area contributed by atoms with E-state index in [1.807, 2.05) is 56.7 Å². The Morgan fingerprint density at radius 3 is 2.15 bits per heavy atom. The molecular formula is C49H60N8O8. The Balaban J connectivity index is 0.965. The van der Waals surface area contributed by atoms with Gasteiger partial charge in [0.15, 0.2) is 0 Å². The number of alkyl carbamates (subject to hydrolysis) is 2. The number of ether oxygens (including phenoxy) is 4. The molecule has 5 aromatic rings. The number of hydrogen-bond donors (Lipinski definition) is 4. The van der Waals surface area contributed by atoms with Crippen molar-refractivity contribution in [1.82, 2.24) is 40.4 Å². The fourth-order valence-corrected chi connectivity index (χ4v) is 10.9. The third kappa shape index (κ3) is 8.25. The molecule has 16 heteroatoms. The lowest BCUT2D eigenvalue weighted by molar-refractivity contribution is -0.140. The molecule has 4 aliphatic rings. The van der Waals surface area contributed by atoms with Crippen LogP contribution in [-0.2, 0) is 30.4 Å². The van der Waals surface area contributed by atoms with Crippen molar-refractivity contribution in [2.75, 3.05) is 14.2 Å². The van der Waals surface area contributed by atoms with Crippen molar-refractivity contribution in [3.8, 4) is 28.1 Å². The van der Waals surface area contributed by atoms with Gasteiger partial charge in [-0.3, -0.25) is 9.59 Å². The maximum absolute atomic E-state index is 14.6. The number of rotatable bonds is 9. The van der Waals surface area contributed by atoms with Crippen LogP contribution in [0.1, 0.15) is 109 Å². The normalized spacial score (nSPS) is 24.9. The van der Waals surface area contributed by atoms with Gasteiger partial charge in [-0.2, -0.15) is 0 Å². The summed E-state index contributed by atoms with van der Waals surface area (Å²) in [7, 11) is 2.61. The number of methoxy groups -OCH3 is 2. The summed E-state index contributed by atoms with van der Waals surface area (Å²) >= 11 is 0. The van der Waals surface area contributed by atoms with E-state index in [9.17, 15) is 19.2 Å². The summed E-state index contributed by atoms with van der Waals surface area (Å²) in [6.07, 6.45) is 4.91. The van der Waals surface area contributed by atoms with E-state index in [4.69, 9.17) is 28.9 Å². The first-order valence-corrected chi connectivity index (χ1v) is 23.0. The zero-order valence-electron chi connectivity index (χ0n) is 38.4. The van der Waals surface area contributed by atoms with Gasteiger partial charge in [-0.15, -0.1) is 0 Å². The standard InChI is InChI=1S/C49H60N8O8/c1-24(2)41(54-48(60)62-7)46(58)56-25(3)9-15-38(56)44-50-22-37(52-44)30-11-13-33-32(19-30)23-64-40-21-34-29(20-35(33)40)12-14-36-43(34)53-45(51-36)39-16-10-26(4)57(39)47(59)42(55-49(61)63-8)31-17-27(5)65-28(6)18-31/h11-14,19-22,24-28,31,38-39,41-42H,9-10,15-18,23H2,1-8H3,(H,50,52)(H,51,53)(H,54,60)(H,55,61)/t25-,26-,27-,28+,31?,38-,39-,41-,42-/m0/s1. The molecule has 0 radical (unpaired) electrons. The number of benzene rings is 3. The van der Waals surface area contributed by atoms with E-state index in [2.05, 4.69) is 63.9 Å². The van der Waals surface area contributed by atoms with Crippen LogP contribution < -0.4 is 15.4 Å².